The lowest BCUT2D eigenvalue weighted by Crippen LogP contribution is -2.60. The Bertz CT molecular complexity index is 1090. The van der Waals surface area contributed by atoms with E-state index in [1.165, 1.54) is 10.5 Å². The molecule has 4 aliphatic rings. The van der Waals surface area contributed by atoms with Gasteiger partial charge in [-0.2, -0.15) is 0 Å². The van der Waals surface area contributed by atoms with Gasteiger partial charge in [-0.1, -0.05) is 30.1 Å². The number of carbonyl (C=O) groups excluding carboxylic acids is 3. The molecule has 38 heavy (non-hydrogen) atoms. The Morgan fingerprint density at radius 2 is 1.92 bits per heavy atom. The Morgan fingerprint density at radius 1 is 1.21 bits per heavy atom. The van der Waals surface area contributed by atoms with Gasteiger partial charge in [0.15, 0.2) is 5.78 Å². The van der Waals surface area contributed by atoms with Crippen molar-refractivity contribution in [2.75, 3.05) is 46.5 Å². The van der Waals surface area contributed by atoms with E-state index in [9.17, 15) is 14.4 Å². The molecule has 4 fully saturated rings. The van der Waals surface area contributed by atoms with E-state index in [0.29, 0.717) is 24.3 Å². The van der Waals surface area contributed by atoms with E-state index >= 15 is 0 Å². The van der Waals surface area contributed by atoms with Crippen LogP contribution in [-0.4, -0.2) is 97.6 Å². The van der Waals surface area contributed by atoms with Crippen LogP contribution in [0.5, 0.6) is 0 Å². The van der Waals surface area contributed by atoms with Crippen LogP contribution in [0.4, 0.5) is 0 Å². The third-order valence-electron chi connectivity index (χ3n) is 8.68. The fraction of sp³-hybridized carbons (Fsp3) is 0.667. The third kappa shape index (κ3) is 5.16. The van der Waals surface area contributed by atoms with Gasteiger partial charge in [0.1, 0.15) is 18.2 Å². The summed E-state index contributed by atoms with van der Waals surface area (Å²) in [5.41, 5.74) is 9.60. The number of methoxy groups -OCH3 is 1. The number of likely N-dealkylation sites (tertiary alicyclic amines) is 2. The van der Waals surface area contributed by atoms with Gasteiger partial charge in [0.05, 0.1) is 18.8 Å². The van der Waals surface area contributed by atoms with E-state index in [-0.39, 0.29) is 30.7 Å². The van der Waals surface area contributed by atoms with Crippen LogP contribution in [0.3, 0.4) is 0 Å². The molecule has 3 atom stereocenters. The van der Waals surface area contributed by atoms with Gasteiger partial charge in [-0.3, -0.25) is 14.4 Å². The van der Waals surface area contributed by atoms with Crippen molar-refractivity contribution >= 4 is 17.6 Å². The summed E-state index contributed by atoms with van der Waals surface area (Å²) in [4.78, 5) is 46.6. The zero-order chi connectivity index (χ0) is 26.7. The quantitative estimate of drug-likeness (QED) is 0.315. The Kier molecular flexibility index (Phi) is 7.99. The van der Waals surface area contributed by atoms with Gasteiger partial charge in [0, 0.05) is 30.7 Å². The highest BCUT2D eigenvalue weighted by Crippen LogP contribution is 2.37. The molecule has 11 nitrogen and oxygen atoms in total. The number of Topliss-reactive ketones (excluding diaryl/α,β-unsaturated/α-hetero) is 1. The Labute approximate surface area is 222 Å². The second kappa shape index (κ2) is 11.4. The molecule has 1 aromatic carbocycles. The van der Waals surface area contributed by atoms with Gasteiger partial charge in [0.2, 0.25) is 5.91 Å². The number of nitrogens with zero attached hydrogens (tertiary/aromatic N) is 5. The number of carbonyl (C=O) groups is 3. The first-order valence-electron chi connectivity index (χ1n) is 13.6. The topological polar surface area (TPSA) is 137 Å². The Balaban J connectivity index is 1.26. The minimum absolute atomic E-state index is 0.103. The third-order valence-corrected chi connectivity index (χ3v) is 8.68. The van der Waals surface area contributed by atoms with Crippen LogP contribution < -0.4 is 5.32 Å². The van der Waals surface area contributed by atoms with Gasteiger partial charge in [-0.15, -0.1) is 0 Å². The summed E-state index contributed by atoms with van der Waals surface area (Å²) in [5.74, 6) is -0.312. The van der Waals surface area contributed by atoms with Gasteiger partial charge in [-0.25, -0.2) is 0 Å². The normalized spacial score (nSPS) is 27.2. The molecule has 1 aliphatic carbocycles. The average Bonchev–Trinajstić information content (AvgIpc) is 3.66. The summed E-state index contributed by atoms with van der Waals surface area (Å²) < 4.78 is 10.7. The molecule has 11 heteroatoms. The highest BCUT2D eigenvalue weighted by Gasteiger charge is 2.56. The predicted octanol–water partition coefficient (Wildman–Crippen LogP) is 2.41. The molecule has 0 unspecified atom stereocenters. The lowest BCUT2D eigenvalue weighted by Gasteiger charge is -2.35. The maximum atomic E-state index is 13.9. The van der Waals surface area contributed by atoms with Crippen molar-refractivity contribution < 1.29 is 23.9 Å². The van der Waals surface area contributed by atoms with E-state index in [1.54, 1.807) is 7.11 Å². The van der Waals surface area contributed by atoms with Gasteiger partial charge in [0.25, 0.3) is 5.91 Å². The fourth-order valence-corrected chi connectivity index (χ4v) is 6.56. The minimum atomic E-state index is -1.08. The second-order valence-corrected chi connectivity index (χ2v) is 10.9. The highest BCUT2D eigenvalue weighted by molar-refractivity contribution is 6.01. The van der Waals surface area contributed by atoms with E-state index in [1.807, 2.05) is 24.3 Å². The van der Waals surface area contributed by atoms with E-state index in [4.69, 9.17) is 15.0 Å². The Morgan fingerprint density at radius 3 is 2.58 bits per heavy atom. The van der Waals surface area contributed by atoms with Crippen LogP contribution in [0.2, 0.25) is 0 Å². The Hall–Kier alpha value is -2.98. The second-order valence-electron chi connectivity index (χ2n) is 10.9. The largest absolute Gasteiger partial charge is 0.383 e. The lowest BCUT2D eigenvalue weighted by atomic mass is 9.88. The van der Waals surface area contributed by atoms with E-state index < -0.39 is 23.7 Å². The average molecular weight is 525 g/mol. The lowest BCUT2D eigenvalue weighted by molar-refractivity contribution is -0.142. The number of ether oxygens (including phenoxy) is 2. The number of ketones is 1. The molecular weight excluding hydrogens is 488 g/mol. The standard InChI is InChI=1S/C27H36N6O5/c1-37-15-14-32-12-8-19(9-13-32)18-4-6-20(7-5-18)25(35)29-27(10-2-3-11-27)26(36)33-16-21(30-31-28)24-23(33)22(34)17-38-24/h4-7,19,21,23-24H,2-3,8-17H2,1H3,(H,29,35)/t21-,23+,24+/m0/s1. The molecule has 3 saturated heterocycles. The van der Waals surface area contributed by atoms with Crippen molar-refractivity contribution in [1.29, 1.82) is 0 Å². The number of azide groups is 1. The molecular formula is C27H36N6O5. The van der Waals surface area contributed by atoms with Crippen molar-refractivity contribution in [2.24, 2.45) is 5.11 Å². The summed E-state index contributed by atoms with van der Waals surface area (Å²) in [5, 5.41) is 6.82. The maximum Gasteiger partial charge on any atom is 0.252 e. The van der Waals surface area contributed by atoms with Crippen molar-refractivity contribution in [3.63, 3.8) is 0 Å². The molecule has 0 radical (unpaired) electrons. The molecule has 1 saturated carbocycles. The molecule has 3 heterocycles. The first-order valence-corrected chi connectivity index (χ1v) is 13.6. The first kappa shape index (κ1) is 26.6. The SMILES string of the molecule is COCCN1CCC(c2ccc(C(=O)NC3(C(=O)N4C[C@H](N=[N+]=[N-])[C@H]5OCC(=O)[C@H]54)CCCC3)cc2)CC1. The van der Waals surface area contributed by atoms with Gasteiger partial charge < -0.3 is 24.6 Å². The maximum absolute atomic E-state index is 13.9. The number of hydrogen-bond donors (Lipinski definition) is 1. The van der Waals surface area contributed by atoms with Crippen LogP contribution in [0.1, 0.15) is 60.4 Å². The summed E-state index contributed by atoms with van der Waals surface area (Å²) >= 11 is 0. The van der Waals surface area contributed by atoms with Gasteiger partial charge >= 0.3 is 0 Å². The van der Waals surface area contributed by atoms with Crippen molar-refractivity contribution in [3.05, 3.63) is 45.8 Å². The van der Waals surface area contributed by atoms with Crippen LogP contribution in [0.15, 0.2) is 29.4 Å². The molecule has 2 amide bonds. The molecule has 1 aromatic rings. The van der Waals surface area contributed by atoms with Crippen LogP contribution in [-0.2, 0) is 19.1 Å². The summed E-state index contributed by atoms with van der Waals surface area (Å²) in [6.07, 6.45) is 4.14. The number of benzene rings is 1. The zero-order valence-corrected chi connectivity index (χ0v) is 21.9. The first-order chi connectivity index (χ1) is 18.5. The van der Waals surface area contributed by atoms with Crippen molar-refractivity contribution in [1.82, 2.24) is 15.1 Å². The van der Waals surface area contributed by atoms with E-state index in [0.717, 1.165) is 51.9 Å². The molecule has 0 bridgehead atoms. The number of hydrogen-bond acceptors (Lipinski definition) is 7. The summed E-state index contributed by atoms with van der Waals surface area (Å²) in [7, 11) is 1.73. The number of fused-ring (bicyclic) bond motifs is 1. The molecule has 0 spiro atoms. The van der Waals surface area contributed by atoms with Crippen molar-refractivity contribution in [3.8, 4) is 0 Å². The van der Waals surface area contributed by atoms with Crippen LogP contribution in [0.25, 0.3) is 10.4 Å². The summed E-state index contributed by atoms with van der Waals surface area (Å²) in [6, 6.07) is 6.34. The smallest absolute Gasteiger partial charge is 0.252 e. The minimum Gasteiger partial charge on any atom is -0.383 e. The fourth-order valence-electron chi connectivity index (χ4n) is 6.56. The molecule has 1 N–H and O–H groups in total. The predicted molar refractivity (Wildman–Crippen MR) is 139 cm³/mol. The molecule has 5 rings (SSSR count). The summed E-state index contributed by atoms with van der Waals surface area (Å²) in [6.45, 7) is 3.78. The number of amides is 2. The number of nitrogens with one attached hydrogen (secondary N) is 1. The molecule has 3 aliphatic heterocycles. The zero-order valence-electron chi connectivity index (χ0n) is 21.9. The van der Waals surface area contributed by atoms with Crippen molar-refractivity contribution in [2.45, 2.75) is 68.2 Å². The molecule has 204 valence electrons. The van der Waals surface area contributed by atoms with Crippen LogP contribution >= 0.6 is 0 Å². The van der Waals surface area contributed by atoms with E-state index in [2.05, 4.69) is 20.2 Å². The van der Waals surface area contributed by atoms with Crippen LogP contribution in [0, 0.1) is 0 Å². The van der Waals surface area contributed by atoms with Gasteiger partial charge in [-0.05, 0) is 67.9 Å². The number of piperidine rings is 1. The number of rotatable bonds is 8. The molecule has 0 aromatic heterocycles. The highest BCUT2D eigenvalue weighted by atomic mass is 16.5. The monoisotopic (exact) mass is 524 g/mol.